The van der Waals surface area contributed by atoms with Crippen molar-refractivity contribution in [3.8, 4) is 0 Å². The van der Waals surface area contributed by atoms with E-state index in [0.29, 0.717) is 6.47 Å². The molecule has 1 aromatic rings. The third-order valence-corrected chi connectivity index (χ3v) is 1.81. The van der Waals surface area contributed by atoms with Gasteiger partial charge >= 0.3 is 0 Å². The van der Waals surface area contributed by atoms with Crippen LogP contribution in [0, 0.1) is 6.92 Å². The van der Waals surface area contributed by atoms with E-state index in [-0.39, 0.29) is 5.54 Å². The van der Waals surface area contributed by atoms with Crippen molar-refractivity contribution in [3.05, 3.63) is 23.8 Å². The summed E-state index contributed by atoms with van der Waals surface area (Å²) in [4.78, 5) is 8.95. The lowest BCUT2D eigenvalue weighted by molar-refractivity contribution is -0.126. The lowest BCUT2D eigenvalue weighted by Gasteiger charge is -2.23. The summed E-state index contributed by atoms with van der Waals surface area (Å²) >= 11 is 0. The lowest BCUT2D eigenvalue weighted by Crippen LogP contribution is -2.26. The molecule has 0 heterocycles. The Morgan fingerprint density at radius 2 is 1.74 bits per heavy atom. The van der Waals surface area contributed by atoms with Crippen molar-refractivity contribution in [2.24, 2.45) is 0 Å². The number of ether oxygens (including phenoxy) is 1. The number of carbonyl (C=O) groups is 1. The lowest BCUT2D eigenvalue weighted by atomic mass is 10.1. The van der Waals surface area contributed by atoms with Crippen LogP contribution in [-0.4, -0.2) is 19.1 Å². The van der Waals surface area contributed by atoms with Crippen molar-refractivity contribution in [3.63, 3.8) is 0 Å². The number of methoxy groups -OCH3 is 1. The van der Waals surface area contributed by atoms with Crippen molar-refractivity contribution in [2.75, 3.05) is 18.2 Å². The molecule has 0 radical (unpaired) electrons. The zero-order valence-electron chi connectivity index (χ0n) is 13.2. The zero-order chi connectivity index (χ0) is 15.5. The quantitative estimate of drug-likeness (QED) is 0.635. The standard InChI is InChI=1S/C11H18N2.C2H4O2.C2H6/c1-8-5-6-10(9(12)7-8)13-11(2,3)4;1-4-2-3;1-2/h5-7,13H,12H2,1-4H3;2H,1H3;1-2H3. The molecule has 19 heavy (non-hydrogen) atoms. The Morgan fingerprint density at radius 1 is 1.26 bits per heavy atom. The highest BCUT2D eigenvalue weighted by Crippen LogP contribution is 2.22. The van der Waals surface area contributed by atoms with E-state index < -0.39 is 0 Å². The highest BCUT2D eigenvalue weighted by molar-refractivity contribution is 5.67. The van der Waals surface area contributed by atoms with Crippen LogP contribution in [0.3, 0.4) is 0 Å². The van der Waals surface area contributed by atoms with Crippen LogP contribution < -0.4 is 11.1 Å². The van der Waals surface area contributed by atoms with Crippen LogP contribution in [0.5, 0.6) is 0 Å². The average molecular weight is 268 g/mol. The largest absolute Gasteiger partial charge is 0.471 e. The fraction of sp³-hybridized carbons (Fsp3) is 0.533. The number of hydrogen-bond donors (Lipinski definition) is 2. The normalized spacial score (nSPS) is 9.21. The second-order valence-corrected chi connectivity index (χ2v) is 4.80. The fourth-order valence-electron chi connectivity index (χ4n) is 1.20. The van der Waals surface area contributed by atoms with Gasteiger partial charge in [-0.15, -0.1) is 0 Å². The number of hydrogen-bond acceptors (Lipinski definition) is 4. The van der Waals surface area contributed by atoms with Crippen LogP contribution in [0.1, 0.15) is 40.2 Å². The molecule has 0 saturated carbocycles. The first-order chi connectivity index (χ1) is 8.80. The Bertz CT molecular complexity index is 358. The van der Waals surface area contributed by atoms with Gasteiger partial charge in [-0.3, -0.25) is 4.79 Å². The molecule has 0 aromatic heterocycles. The number of nitrogen functional groups attached to an aromatic ring is 1. The highest BCUT2D eigenvalue weighted by atomic mass is 16.5. The number of carbonyl (C=O) groups excluding carboxylic acids is 1. The molecule has 0 aliphatic heterocycles. The molecule has 110 valence electrons. The molecule has 4 heteroatoms. The summed E-state index contributed by atoms with van der Waals surface area (Å²) in [5, 5.41) is 3.35. The summed E-state index contributed by atoms with van der Waals surface area (Å²) in [7, 11) is 1.31. The maximum absolute atomic E-state index is 8.95. The minimum Gasteiger partial charge on any atom is -0.471 e. The van der Waals surface area contributed by atoms with Crippen LogP contribution >= 0.6 is 0 Å². The molecule has 1 rings (SSSR count). The van der Waals surface area contributed by atoms with E-state index in [1.807, 2.05) is 32.9 Å². The second-order valence-electron chi connectivity index (χ2n) is 4.80. The van der Waals surface area contributed by atoms with Crippen LogP contribution in [-0.2, 0) is 9.53 Å². The number of nitrogens with two attached hydrogens (primary N) is 1. The van der Waals surface area contributed by atoms with Crippen LogP contribution in [0.15, 0.2) is 18.2 Å². The highest BCUT2D eigenvalue weighted by Gasteiger charge is 2.10. The van der Waals surface area contributed by atoms with E-state index in [4.69, 9.17) is 10.5 Å². The van der Waals surface area contributed by atoms with E-state index in [0.717, 1.165) is 11.4 Å². The van der Waals surface area contributed by atoms with E-state index in [1.54, 1.807) is 0 Å². The van der Waals surface area contributed by atoms with Gasteiger partial charge in [-0.2, -0.15) is 0 Å². The van der Waals surface area contributed by atoms with Gasteiger partial charge in [0.25, 0.3) is 6.47 Å². The fourth-order valence-corrected chi connectivity index (χ4v) is 1.20. The first-order valence-corrected chi connectivity index (χ1v) is 6.41. The topological polar surface area (TPSA) is 64.3 Å². The van der Waals surface area contributed by atoms with Gasteiger partial charge in [0.05, 0.1) is 18.5 Å². The maximum atomic E-state index is 8.95. The van der Waals surface area contributed by atoms with E-state index in [1.165, 1.54) is 12.7 Å². The molecule has 0 amide bonds. The SMILES string of the molecule is CC.COC=O.Cc1ccc(NC(C)(C)C)c(N)c1. The molecular formula is C15H28N2O2. The molecule has 0 atom stereocenters. The van der Waals surface area contributed by atoms with E-state index >= 15 is 0 Å². The van der Waals surface area contributed by atoms with Gasteiger partial charge in [0.15, 0.2) is 0 Å². The van der Waals surface area contributed by atoms with Crippen LogP contribution in [0.2, 0.25) is 0 Å². The van der Waals surface area contributed by atoms with E-state index in [2.05, 4.69) is 36.9 Å². The summed E-state index contributed by atoms with van der Waals surface area (Å²) in [5.41, 5.74) is 8.94. The summed E-state index contributed by atoms with van der Waals surface area (Å²) < 4.78 is 3.86. The summed E-state index contributed by atoms with van der Waals surface area (Å²) in [5.74, 6) is 0. The summed E-state index contributed by atoms with van der Waals surface area (Å²) in [6.45, 7) is 12.8. The molecule has 0 unspecified atom stereocenters. The summed E-state index contributed by atoms with van der Waals surface area (Å²) in [6.07, 6.45) is 0. The number of aryl methyl sites for hydroxylation is 1. The minimum absolute atomic E-state index is 0.0589. The van der Waals surface area contributed by atoms with Gasteiger partial charge in [0.2, 0.25) is 0 Å². The second kappa shape index (κ2) is 10.2. The number of anilines is 2. The van der Waals surface area contributed by atoms with Crippen LogP contribution in [0.4, 0.5) is 11.4 Å². The number of rotatable bonds is 2. The molecular weight excluding hydrogens is 240 g/mol. The van der Waals surface area contributed by atoms with Gasteiger partial charge in [-0.25, -0.2) is 0 Å². The van der Waals surface area contributed by atoms with Gasteiger partial charge in [0, 0.05) is 5.54 Å². The first-order valence-electron chi connectivity index (χ1n) is 6.41. The van der Waals surface area contributed by atoms with E-state index in [9.17, 15) is 0 Å². The molecule has 4 nitrogen and oxygen atoms in total. The molecule has 3 N–H and O–H groups in total. The number of benzene rings is 1. The van der Waals surface area contributed by atoms with Crippen LogP contribution in [0.25, 0.3) is 0 Å². The minimum atomic E-state index is 0.0589. The molecule has 1 aromatic carbocycles. The van der Waals surface area contributed by atoms with Crippen molar-refractivity contribution >= 4 is 17.8 Å². The van der Waals surface area contributed by atoms with Crippen molar-refractivity contribution in [1.29, 1.82) is 0 Å². The third-order valence-electron chi connectivity index (χ3n) is 1.81. The average Bonchev–Trinajstić information content (AvgIpc) is 2.34. The predicted octanol–water partition coefficient (Wildman–Crippen LogP) is 3.60. The number of nitrogens with one attached hydrogen (secondary N) is 1. The van der Waals surface area contributed by atoms with Crippen molar-refractivity contribution in [2.45, 2.75) is 47.1 Å². The monoisotopic (exact) mass is 268 g/mol. The Hall–Kier alpha value is -1.71. The Kier molecular flexibility index (Phi) is 10.6. The molecule has 0 aliphatic carbocycles. The van der Waals surface area contributed by atoms with Gasteiger partial charge in [0.1, 0.15) is 0 Å². The molecule has 0 spiro atoms. The Balaban J connectivity index is 0. The van der Waals surface area contributed by atoms with Gasteiger partial charge in [-0.1, -0.05) is 19.9 Å². The Morgan fingerprint density at radius 3 is 2.05 bits per heavy atom. The van der Waals surface area contributed by atoms with Crippen molar-refractivity contribution in [1.82, 2.24) is 0 Å². The molecule has 0 aliphatic rings. The zero-order valence-corrected chi connectivity index (χ0v) is 13.2. The summed E-state index contributed by atoms with van der Waals surface area (Å²) in [6, 6.07) is 6.06. The Labute approximate surface area is 117 Å². The predicted molar refractivity (Wildman–Crippen MR) is 83.4 cm³/mol. The van der Waals surface area contributed by atoms with Crippen molar-refractivity contribution < 1.29 is 9.53 Å². The first kappa shape index (κ1) is 19.6. The van der Waals surface area contributed by atoms with Gasteiger partial charge in [-0.05, 0) is 45.4 Å². The van der Waals surface area contributed by atoms with Gasteiger partial charge < -0.3 is 15.8 Å². The smallest absolute Gasteiger partial charge is 0.292 e. The molecule has 0 fully saturated rings. The maximum Gasteiger partial charge on any atom is 0.292 e. The third kappa shape index (κ3) is 11.1. The molecule has 0 saturated heterocycles. The molecule has 0 bridgehead atoms.